The first-order valence-electron chi connectivity index (χ1n) is 9.28. The molecule has 0 bridgehead atoms. The molecule has 3 rings (SSSR count). The molecule has 1 atom stereocenters. The number of nitrogens with zero attached hydrogens (tertiary/aromatic N) is 4. The molecule has 0 saturated carbocycles. The lowest BCUT2D eigenvalue weighted by atomic mass is 10.3. The molecule has 0 amide bonds. The van der Waals surface area contributed by atoms with Gasteiger partial charge in [-0.05, 0) is 25.5 Å². The van der Waals surface area contributed by atoms with E-state index in [4.69, 9.17) is 0 Å². The van der Waals surface area contributed by atoms with Crippen LogP contribution in [0.4, 0.5) is 23.4 Å². The van der Waals surface area contributed by atoms with Gasteiger partial charge in [-0.1, -0.05) is 0 Å². The van der Waals surface area contributed by atoms with Gasteiger partial charge in [0, 0.05) is 50.2 Å². The van der Waals surface area contributed by atoms with Crippen molar-refractivity contribution in [1.82, 2.24) is 20.6 Å². The zero-order chi connectivity index (χ0) is 20.9. The summed E-state index contributed by atoms with van der Waals surface area (Å²) in [6.45, 7) is 4.14. The summed E-state index contributed by atoms with van der Waals surface area (Å²) >= 11 is 0.983. The van der Waals surface area contributed by atoms with E-state index >= 15 is 0 Å². The third kappa shape index (κ3) is 6.65. The zero-order valence-electron chi connectivity index (χ0n) is 16.2. The van der Waals surface area contributed by atoms with E-state index in [0.29, 0.717) is 49.4 Å². The zero-order valence-corrected chi connectivity index (χ0v) is 19.4. The number of aromatic nitrogens is 2. The third-order valence-electron chi connectivity index (χ3n) is 4.35. The number of hydrogen-bond acceptors (Lipinski definition) is 5. The van der Waals surface area contributed by atoms with Gasteiger partial charge in [0.25, 0.3) is 0 Å². The predicted octanol–water partition coefficient (Wildman–Crippen LogP) is 3.69. The fourth-order valence-corrected chi connectivity index (χ4v) is 3.81. The van der Waals surface area contributed by atoms with E-state index in [1.807, 2.05) is 11.8 Å². The molecule has 166 valence electrons. The molecule has 3 heterocycles. The van der Waals surface area contributed by atoms with Gasteiger partial charge < -0.3 is 15.5 Å². The summed E-state index contributed by atoms with van der Waals surface area (Å²) in [6.07, 6.45) is -1.74. The molecule has 2 N–H and O–H groups in total. The standard InChI is InChI=1S/C18H22F4N6S.HI/c1-2-23-17(25-8-5-15-27-14(11-29-15)18(20,21)22)26-12-6-9-28(10-12)16-13(19)4-3-7-24-16;/h3-4,7,11-12H,2,5-6,8-10H2,1H3,(H2,23,25,26);1H. The highest BCUT2D eigenvalue weighted by molar-refractivity contribution is 14.0. The number of nitrogens with one attached hydrogen (secondary N) is 2. The van der Waals surface area contributed by atoms with Crippen LogP contribution in [0.25, 0.3) is 0 Å². The molecule has 1 fully saturated rings. The maximum absolute atomic E-state index is 13.9. The van der Waals surface area contributed by atoms with Crippen molar-refractivity contribution >= 4 is 47.1 Å². The second-order valence-electron chi connectivity index (χ2n) is 6.52. The summed E-state index contributed by atoms with van der Waals surface area (Å²) in [4.78, 5) is 14.0. The van der Waals surface area contributed by atoms with E-state index in [1.54, 1.807) is 12.3 Å². The lowest BCUT2D eigenvalue weighted by molar-refractivity contribution is -0.140. The third-order valence-corrected chi connectivity index (χ3v) is 5.26. The van der Waals surface area contributed by atoms with Crippen LogP contribution in [0.3, 0.4) is 0 Å². The van der Waals surface area contributed by atoms with Crippen molar-refractivity contribution in [1.29, 1.82) is 0 Å². The van der Waals surface area contributed by atoms with Crippen LogP contribution in [0.2, 0.25) is 0 Å². The highest BCUT2D eigenvalue weighted by Gasteiger charge is 2.33. The highest BCUT2D eigenvalue weighted by atomic mass is 127. The second kappa shape index (κ2) is 11.1. The van der Waals surface area contributed by atoms with Crippen molar-refractivity contribution in [3.63, 3.8) is 0 Å². The van der Waals surface area contributed by atoms with Gasteiger partial charge in [-0.25, -0.2) is 14.4 Å². The van der Waals surface area contributed by atoms with E-state index in [0.717, 1.165) is 23.1 Å². The van der Waals surface area contributed by atoms with Gasteiger partial charge in [-0.15, -0.1) is 35.3 Å². The van der Waals surface area contributed by atoms with Gasteiger partial charge >= 0.3 is 6.18 Å². The van der Waals surface area contributed by atoms with E-state index in [1.165, 1.54) is 6.07 Å². The van der Waals surface area contributed by atoms with E-state index in [9.17, 15) is 17.6 Å². The Morgan fingerprint density at radius 1 is 1.40 bits per heavy atom. The van der Waals surface area contributed by atoms with E-state index in [-0.39, 0.29) is 35.8 Å². The van der Waals surface area contributed by atoms with Crippen LogP contribution in [-0.4, -0.2) is 48.1 Å². The number of hydrogen-bond donors (Lipinski definition) is 2. The van der Waals surface area contributed by atoms with Crippen molar-refractivity contribution in [2.45, 2.75) is 32.0 Å². The number of thiazole rings is 1. The molecule has 0 aromatic carbocycles. The summed E-state index contributed by atoms with van der Waals surface area (Å²) in [6, 6.07) is 3.00. The molecule has 1 aliphatic rings. The lowest BCUT2D eigenvalue weighted by Gasteiger charge is -2.19. The van der Waals surface area contributed by atoms with Crippen LogP contribution in [0.1, 0.15) is 24.0 Å². The molecular weight excluding hydrogens is 535 g/mol. The van der Waals surface area contributed by atoms with Gasteiger partial charge in [0.2, 0.25) is 0 Å². The fourth-order valence-electron chi connectivity index (χ4n) is 3.01. The second-order valence-corrected chi connectivity index (χ2v) is 7.46. The summed E-state index contributed by atoms with van der Waals surface area (Å²) in [7, 11) is 0. The first-order valence-corrected chi connectivity index (χ1v) is 10.2. The SMILES string of the molecule is CCNC(=NCCc1nc(C(F)(F)F)cs1)NC1CCN(c2ncccc2F)C1.I. The molecule has 0 radical (unpaired) electrons. The minimum atomic E-state index is -4.42. The predicted molar refractivity (Wildman–Crippen MR) is 120 cm³/mol. The maximum atomic E-state index is 13.9. The summed E-state index contributed by atoms with van der Waals surface area (Å²) in [5.74, 6) is 0.562. The topological polar surface area (TPSA) is 65.4 Å². The number of pyridine rings is 1. The summed E-state index contributed by atoms with van der Waals surface area (Å²) < 4.78 is 51.8. The quantitative estimate of drug-likeness (QED) is 0.245. The van der Waals surface area contributed by atoms with E-state index < -0.39 is 11.9 Å². The van der Waals surface area contributed by atoms with Gasteiger partial charge in [0.1, 0.15) is 0 Å². The first kappa shape index (κ1) is 24.6. The number of alkyl halides is 3. The molecule has 30 heavy (non-hydrogen) atoms. The van der Waals surface area contributed by atoms with E-state index in [2.05, 4.69) is 25.6 Å². The van der Waals surface area contributed by atoms with Gasteiger partial charge in [0.15, 0.2) is 23.3 Å². The Kier molecular flexibility index (Phi) is 9.07. The lowest BCUT2D eigenvalue weighted by Crippen LogP contribution is -2.44. The van der Waals surface area contributed by atoms with Gasteiger partial charge in [-0.2, -0.15) is 13.2 Å². The van der Waals surface area contributed by atoms with Crippen molar-refractivity contribution in [2.24, 2.45) is 4.99 Å². The Morgan fingerprint density at radius 2 is 2.20 bits per heavy atom. The highest BCUT2D eigenvalue weighted by Crippen LogP contribution is 2.30. The molecule has 12 heteroatoms. The Morgan fingerprint density at radius 3 is 2.87 bits per heavy atom. The molecule has 0 aliphatic carbocycles. The maximum Gasteiger partial charge on any atom is 0.434 e. The summed E-state index contributed by atoms with van der Waals surface area (Å²) in [5, 5.41) is 7.84. The Bertz CT molecular complexity index is 844. The number of guanidine groups is 1. The molecule has 0 spiro atoms. The Balaban J connectivity index is 0.00000320. The molecule has 6 nitrogen and oxygen atoms in total. The molecule has 2 aromatic heterocycles. The van der Waals surface area contributed by atoms with Gasteiger partial charge in [0.05, 0.1) is 5.01 Å². The van der Waals surface area contributed by atoms with Crippen molar-refractivity contribution in [3.8, 4) is 0 Å². The average molecular weight is 558 g/mol. The molecule has 2 aromatic rings. The first-order chi connectivity index (χ1) is 13.9. The number of halogens is 5. The number of aliphatic imine (C=N–C) groups is 1. The number of anilines is 1. The fraction of sp³-hybridized carbons (Fsp3) is 0.500. The van der Waals surface area contributed by atoms with Crippen LogP contribution in [-0.2, 0) is 12.6 Å². The van der Waals surface area contributed by atoms with Crippen LogP contribution in [0, 0.1) is 5.82 Å². The van der Waals surface area contributed by atoms with Crippen molar-refractivity contribution in [2.75, 3.05) is 31.1 Å². The smallest absolute Gasteiger partial charge is 0.357 e. The van der Waals surface area contributed by atoms with Crippen LogP contribution in [0.15, 0.2) is 28.7 Å². The van der Waals surface area contributed by atoms with Crippen LogP contribution >= 0.6 is 35.3 Å². The summed E-state index contributed by atoms with van der Waals surface area (Å²) in [5.41, 5.74) is -0.862. The largest absolute Gasteiger partial charge is 0.434 e. The normalized spacial score (nSPS) is 17.0. The van der Waals surface area contributed by atoms with Crippen molar-refractivity contribution < 1.29 is 17.6 Å². The van der Waals surface area contributed by atoms with Crippen LogP contribution in [0.5, 0.6) is 0 Å². The molecule has 1 unspecified atom stereocenters. The molecular formula is C18H23F4IN6S. The minimum Gasteiger partial charge on any atom is -0.357 e. The number of rotatable bonds is 6. The average Bonchev–Trinajstić information content (AvgIpc) is 3.32. The monoisotopic (exact) mass is 558 g/mol. The minimum absolute atomic E-state index is 0. The molecule has 1 aliphatic heterocycles. The Hall–Kier alpha value is -1.70. The van der Waals surface area contributed by atoms with Gasteiger partial charge in [-0.3, -0.25) is 4.99 Å². The Labute approximate surface area is 193 Å². The van der Waals surface area contributed by atoms with Crippen molar-refractivity contribution in [3.05, 3.63) is 40.2 Å². The van der Waals surface area contributed by atoms with Crippen LogP contribution < -0.4 is 15.5 Å². The molecule has 1 saturated heterocycles.